The Morgan fingerprint density at radius 2 is 2.13 bits per heavy atom. The third-order valence-electron chi connectivity index (χ3n) is 1.96. The maximum absolute atomic E-state index is 13.4. The Bertz CT molecular complexity index is 502. The van der Waals surface area contributed by atoms with Crippen LogP contribution in [0.1, 0.15) is 5.56 Å². The average Bonchev–Trinajstić information content (AvgIpc) is 2.23. The molecule has 2 heterocycles. The standard InChI is InChI=1S/C10H7ClFN3/c1-6-5-14-10(11)15-8(6)7-3-2-4-13-9(7)12/h2-5H,1H3. The van der Waals surface area contributed by atoms with Crippen molar-refractivity contribution in [1.29, 1.82) is 0 Å². The van der Waals surface area contributed by atoms with Crippen molar-refractivity contribution in [2.24, 2.45) is 0 Å². The van der Waals surface area contributed by atoms with E-state index in [1.54, 1.807) is 25.3 Å². The number of rotatable bonds is 1. The first-order valence-corrected chi connectivity index (χ1v) is 4.66. The minimum atomic E-state index is -0.560. The van der Waals surface area contributed by atoms with Gasteiger partial charge in [0.2, 0.25) is 11.2 Å². The summed E-state index contributed by atoms with van der Waals surface area (Å²) >= 11 is 5.65. The Labute approximate surface area is 91.0 Å². The zero-order valence-corrected chi connectivity index (χ0v) is 8.66. The molecule has 0 radical (unpaired) electrons. The minimum absolute atomic E-state index is 0.0962. The predicted molar refractivity (Wildman–Crippen MR) is 55.0 cm³/mol. The van der Waals surface area contributed by atoms with Crippen LogP contribution >= 0.6 is 11.6 Å². The van der Waals surface area contributed by atoms with Crippen molar-refractivity contribution in [2.75, 3.05) is 0 Å². The van der Waals surface area contributed by atoms with Crippen LogP contribution in [0.25, 0.3) is 11.3 Å². The molecule has 0 aliphatic rings. The van der Waals surface area contributed by atoms with Crippen molar-refractivity contribution in [1.82, 2.24) is 15.0 Å². The first-order valence-electron chi connectivity index (χ1n) is 4.28. The van der Waals surface area contributed by atoms with E-state index in [0.29, 0.717) is 11.3 Å². The molecule has 0 unspecified atom stereocenters. The maximum atomic E-state index is 13.4. The molecule has 2 rings (SSSR count). The van der Waals surface area contributed by atoms with Crippen LogP contribution in [-0.2, 0) is 0 Å². The zero-order valence-electron chi connectivity index (χ0n) is 7.91. The van der Waals surface area contributed by atoms with Gasteiger partial charge in [-0.2, -0.15) is 4.39 Å². The number of aromatic nitrogens is 3. The number of aryl methyl sites for hydroxylation is 1. The van der Waals surface area contributed by atoms with Gasteiger partial charge in [-0.05, 0) is 36.2 Å². The summed E-state index contributed by atoms with van der Waals surface area (Å²) < 4.78 is 13.4. The van der Waals surface area contributed by atoms with Crippen molar-refractivity contribution in [3.05, 3.63) is 41.3 Å². The second kappa shape index (κ2) is 3.90. The van der Waals surface area contributed by atoms with Crippen LogP contribution in [0.4, 0.5) is 4.39 Å². The first-order chi connectivity index (χ1) is 7.18. The number of halogens is 2. The summed E-state index contributed by atoms with van der Waals surface area (Å²) in [6.45, 7) is 1.79. The monoisotopic (exact) mass is 223 g/mol. The van der Waals surface area contributed by atoms with E-state index in [0.717, 1.165) is 5.56 Å². The van der Waals surface area contributed by atoms with E-state index in [2.05, 4.69) is 15.0 Å². The largest absolute Gasteiger partial charge is 0.228 e. The number of pyridine rings is 1. The summed E-state index contributed by atoms with van der Waals surface area (Å²) in [6.07, 6.45) is 2.94. The fourth-order valence-electron chi connectivity index (χ4n) is 1.26. The third-order valence-corrected chi connectivity index (χ3v) is 2.14. The lowest BCUT2D eigenvalue weighted by Gasteiger charge is -2.04. The normalized spacial score (nSPS) is 10.3. The van der Waals surface area contributed by atoms with Gasteiger partial charge in [-0.3, -0.25) is 0 Å². The van der Waals surface area contributed by atoms with E-state index >= 15 is 0 Å². The second-order valence-electron chi connectivity index (χ2n) is 3.01. The van der Waals surface area contributed by atoms with Gasteiger partial charge in [0.05, 0.1) is 11.3 Å². The van der Waals surface area contributed by atoms with Crippen LogP contribution < -0.4 is 0 Å². The topological polar surface area (TPSA) is 38.7 Å². The van der Waals surface area contributed by atoms with E-state index in [1.807, 2.05) is 0 Å². The SMILES string of the molecule is Cc1cnc(Cl)nc1-c1cccnc1F. The Hall–Kier alpha value is -1.55. The van der Waals surface area contributed by atoms with Crippen LogP contribution in [0.2, 0.25) is 5.28 Å². The third kappa shape index (κ3) is 1.94. The summed E-state index contributed by atoms with van der Waals surface area (Å²) in [4.78, 5) is 11.3. The average molecular weight is 224 g/mol. The van der Waals surface area contributed by atoms with Gasteiger partial charge >= 0.3 is 0 Å². The molecule has 15 heavy (non-hydrogen) atoms. The molecule has 5 heteroatoms. The van der Waals surface area contributed by atoms with Crippen LogP contribution in [0.3, 0.4) is 0 Å². The quantitative estimate of drug-likeness (QED) is 0.551. The van der Waals surface area contributed by atoms with Gasteiger partial charge < -0.3 is 0 Å². The fraction of sp³-hybridized carbons (Fsp3) is 0.100. The highest BCUT2D eigenvalue weighted by molar-refractivity contribution is 6.28. The van der Waals surface area contributed by atoms with Crippen LogP contribution in [0.5, 0.6) is 0 Å². The van der Waals surface area contributed by atoms with Gasteiger partial charge in [-0.15, -0.1) is 0 Å². The fourth-order valence-corrected chi connectivity index (χ4v) is 1.39. The molecule has 0 aliphatic carbocycles. The molecule has 0 fully saturated rings. The molecule has 0 aliphatic heterocycles. The minimum Gasteiger partial charge on any atom is -0.228 e. The Kier molecular flexibility index (Phi) is 2.60. The lowest BCUT2D eigenvalue weighted by atomic mass is 10.1. The van der Waals surface area contributed by atoms with Crippen molar-refractivity contribution < 1.29 is 4.39 Å². The molecule has 2 aromatic rings. The van der Waals surface area contributed by atoms with E-state index in [4.69, 9.17) is 11.6 Å². The predicted octanol–water partition coefficient (Wildman–Crippen LogP) is 2.64. The highest BCUT2D eigenvalue weighted by Gasteiger charge is 2.10. The first kappa shape index (κ1) is 9.98. The van der Waals surface area contributed by atoms with Crippen LogP contribution in [0.15, 0.2) is 24.5 Å². The smallest absolute Gasteiger partial charge is 0.222 e. The Morgan fingerprint density at radius 3 is 2.87 bits per heavy atom. The molecule has 0 N–H and O–H groups in total. The van der Waals surface area contributed by atoms with E-state index < -0.39 is 5.95 Å². The van der Waals surface area contributed by atoms with Crippen LogP contribution in [0, 0.1) is 12.9 Å². The number of hydrogen-bond acceptors (Lipinski definition) is 3. The van der Waals surface area contributed by atoms with Gasteiger partial charge in [-0.1, -0.05) is 0 Å². The Morgan fingerprint density at radius 1 is 1.33 bits per heavy atom. The van der Waals surface area contributed by atoms with Crippen molar-refractivity contribution >= 4 is 11.6 Å². The molecule has 0 spiro atoms. The van der Waals surface area contributed by atoms with Gasteiger partial charge in [0.1, 0.15) is 0 Å². The van der Waals surface area contributed by atoms with Crippen molar-refractivity contribution in [2.45, 2.75) is 6.92 Å². The number of hydrogen-bond donors (Lipinski definition) is 0. The van der Waals surface area contributed by atoms with Gasteiger partial charge in [-0.25, -0.2) is 15.0 Å². The molecule has 0 bridgehead atoms. The van der Waals surface area contributed by atoms with Gasteiger partial charge in [0.25, 0.3) is 0 Å². The molecule has 0 aromatic carbocycles. The summed E-state index contributed by atoms with van der Waals surface area (Å²) in [5, 5.41) is 0.0962. The molecule has 0 amide bonds. The summed E-state index contributed by atoms with van der Waals surface area (Å²) in [5.74, 6) is -0.560. The van der Waals surface area contributed by atoms with Gasteiger partial charge in [0, 0.05) is 12.4 Å². The lowest BCUT2D eigenvalue weighted by molar-refractivity contribution is 0.587. The second-order valence-corrected chi connectivity index (χ2v) is 3.35. The molecule has 0 atom stereocenters. The summed E-state index contributed by atoms with van der Waals surface area (Å²) in [5.41, 5.74) is 1.56. The highest BCUT2D eigenvalue weighted by atomic mass is 35.5. The number of nitrogens with zero attached hydrogens (tertiary/aromatic N) is 3. The molecule has 76 valence electrons. The maximum Gasteiger partial charge on any atom is 0.222 e. The summed E-state index contributed by atoms with van der Waals surface area (Å²) in [6, 6.07) is 3.25. The molecular formula is C10H7ClFN3. The van der Waals surface area contributed by atoms with E-state index in [-0.39, 0.29) is 5.28 Å². The molecule has 0 saturated heterocycles. The Balaban J connectivity index is 2.64. The van der Waals surface area contributed by atoms with Crippen LogP contribution in [-0.4, -0.2) is 15.0 Å². The van der Waals surface area contributed by atoms with Gasteiger partial charge in [0.15, 0.2) is 0 Å². The zero-order chi connectivity index (χ0) is 10.8. The van der Waals surface area contributed by atoms with E-state index in [1.165, 1.54) is 6.20 Å². The van der Waals surface area contributed by atoms with E-state index in [9.17, 15) is 4.39 Å². The molecule has 2 aromatic heterocycles. The molecule has 3 nitrogen and oxygen atoms in total. The highest BCUT2D eigenvalue weighted by Crippen LogP contribution is 2.22. The molecule has 0 saturated carbocycles. The lowest BCUT2D eigenvalue weighted by Crippen LogP contribution is -1.95. The summed E-state index contributed by atoms with van der Waals surface area (Å²) in [7, 11) is 0. The van der Waals surface area contributed by atoms with Crippen molar-refractivity contribution in [3.63, 3.8) is 0 Å². The molecular weight excluding hydrogens is 217 g/mol. The van der Waals surface area contributed by atoms with Crippen molar-refractivity contribution in [3.8, 4) is 11.3 Å².